The molecule has 0 aliphatic heterocycles. The van der Waals surface area contributed by atoms with E-state index in [-0.39, 0.29) is 35.4 Å². The van der Waals surface area contributed by atoms with Crippen molar-refractivity contribution >= 4 is 52.1 Å². The largest absolute Gasteiger partial charge is 0.454 e. The van der Waals surface area contributed by atoms with Gasteiger partial charge in [0.1, 0.15) is 0 Å². The van der Waals surface area contributed by atoms with E-state index >= 15 is 0 Å². The van der Waals surface area contributed by atoms with Gasteiger partial charge < -0.3 is 55.6 Å². The van der Waals surface area contributed by atoms with Crippen LogP contribution >= 0.6 is 0 Å². The highest BCUT2D eigenvalue weighted by atomic mass is 28.4. The summed E-state index contributed by atoms with van der Waals surface area (Å²) in [6.45, 7) is 33.0. The number of nitrogens with one attached hydrogen (secondary N) is 6. The Morgan fingerprint density at radius 1 is 0.185 bits per heavy atom. The van der Waals surface area contributed by atoms with Crippen LogP contribution in [0.25, 0.3) is 0 Å². The number of hydrogen-bond acceptors (Lipinski definition) is 11. The third-order valence-electron chi connectivity index (χ3n) is 24.3. The lowest BCUT2D eigenvalue weighted by Gasteiger charge is -2.40. The fourth-order valence-corrected chi connectivity index (χ4v) is 26.1. The molecule has 0 rings (SSSR count). The lowest BCUT2D eigenvalue weighted by molar-refractivity contribution is -0.123. The van der Waals surface area contributed by atoms with E-state index in [0.29, 0.717) is 156 Å². The van der Waals surface area contributed by atoms with Crippen molar-refractivity contribution in [2.24, 2.45) is 0 Å². The summed E-state index contributed by atoms with van der Waals surface area (Å²) in [4.78, 5) is 91.8. The minimum absolute atomic E-state index is 0.0583. The second kappa shape index (κ2) is 88.5. The predicted octanol–water partition coefficient (Wildman–Crippen LogP) is 24.3. The topological polar surface area (TPSA) is 197 Å². The van der Waals surface area contributed by atoms with Gasteiger partial charge in [0.05, 0.1) is 0 Å². The van der Waals surface area contributed by atoms with Crippen molar-refractivity contribution in [3.63, 3.8) is 0 Å². The number of nitrogens with zero attached hydrogens (tertiary/aromatic N) is 4. The van der Waals surface area contributed by atoms with E-state index < -0.39 is 16.6 Å². The molecule has 119 heavy (non-hydrogen) atoms. The molecule has 0 aromatic carbocycles. The Bertz CT molecular complexity index is 2020. The second-order valence-electron chi connectivity index (χ2n) is 37.5. The Morgan fingerprint density at radius 3 is 0.462 bits per heavy atom. The van der Waals surface area contributed by atoms with Crippen molar-refractivity contribution < 1.29 is 32.9 Å². The van der Waals surface area contributed by atoms with Crippen LogP contribution in [0.5, 0.6) is 0 Å². The normalized spacial score (nSPS) is 11.9. The standard InChI is InChI=1S/C100H204N10O7Si2/c1-11-17-23-29-35-41-47-53-59-65-77-101-95(111)71-83-107(84-72-96(112)102-78-66-60-54-48-42-36-30-24-18-12-2)89-91-109(87-75-99(115)105-81-69-63-57-51-45-39-33-27-21-15-5)93-118(7,8)117-119(9,10)94-110(88-76-100(116)106-82-70-64-58-52-46-40-34-28-22-16-6)92-90-108(85-73-97(113)103-79-67-61-55-49-43-37-31-25-19-13-3)86-74-98(114)104-80-68-62-56-50-44-38-32-26-20-14-4/h11-94H2,1-10H3,(H,101,111)(H,102,112)(H,103,113)(H,104,114)(H,105,115)(H,106,116). The minimum atomic E-state index is -2.55. The first-order valence-corrected chi connectivity index (χ1v) is 58.4. The van der Waals surface area contributed by atoms with Gasteiger partial charge in [0.2, 0.25) is 35.4 Å². The van der Waals surface area contributed by atoms with Gasteiger partial charge in [-0.1, -0.05) is 388 Å². The number of rotatable bonds is 96. The van der Waals surface area contributed by atoms with E-state index in [9.17, 15) is 28.8 Å². The summed E-state index contributed by atoms with van der Waals surface area (Å²) in [5.74, 6) is 0.378. The zero-order valence-corrected chi connectivity index (χ0v) is 83.0. The van der Waals surface area contributed by atoms with Crippen molar-refractivity contribution in [3.8, 4) is 0 Å². The van der Waals surface area contributed by atoms with Crippen LogP contribution in [0.15, 0.2) is 0 Å². The number of unbranched alkanes of at least 4 members (excludes halogenated alkanes) is 54. The molecule has 0 aliphatic rings. The summed E-state index contributed by atoms with van der Waals surface area (Å²) in [7, 11) is -5.11. The Hall–Kier alpha value is -2.95. The van der Waals surface area contributed by atoms with Crippen LogP contribution in [0, 0.1) is 0 Å². The van der Waals surface area contributed by atoms with Gasteiger partial charge in [-0.05, 0) is 64.7 Å². The Balaban J connectivity index is 6.91. The van der Waals surface area contributed by atoms with Crippen molar-refractivity contribution in [2.75, 3.05) is 117 Å². The van der Waals surface area contributed by atoms with Gasteiger partial charge in [-0.2, -0.15) is 0 Å². The Kier molecular flexibility index (Phi) is 86.3. The summed E-state index contributed by atoms with van der Waals surface area (Å²) in [5, 5.41) is 19.5. The molecule has 0 spiro atoms. The van der Waals surface area contributed by atoms with E-state index in [0.717, 1.165) is 77.0 Å². The fraction of sp³-hybridized carbons (Fsp3) is 0.940. The summed E-state index contributed by atoms with van der Waals surface area (Å²) < 4.78 is 7.64. The Labute approximate surface area is 740 Å². The molecule has 0 saturated carbocycles. The fourth-order valence-electron chi connectivity index (χ4n) is 16.8. The average Bonchev–Trinajstić information content (AvgIpc) is 0.841. The van der Waals surface area contributed by atoms with E-state index in [4.69, 9.17) is 4.12 Å². The molecule has 17 nitrogen and oxygen atoms in total. The molecule has 0 bridgehead atoms. The van der Waals surface area contributed by atoms with Crippen LogP contribution < -0.4 is 31.9 Å². The van der Waals surface area contributed by atoms with Gasteiger partial charge in [0.25, 0.3) is 0 Å². The van der Waals surface area contributed by atoms with Crippen LogP contribution in [-0.2, 0) is 32.9 Å². The molecule has 0 aromatic rings. The van der Waals surface area contributed by atoms with E-state index in [1.54, 1.807) is 0 Å². The van der Waals surface area contributed by atoms with E-state index in [1.165, 1.54) is 308 Å². The van der Waals surface area contributed by atoms with Gasteiger partial charge >= 0.3 is 0 Å². The minimum Gasteiger partial charge on any atom is -0.454 e. The van der Waals surface area contributed by atoms with Crippen molar-refractivity contribution in [1.82, 2.24) is 51.5 Å². The highest BCUT2D eigenvalue weighted by Crippen LogP contribution is 2.21. The van der Waals surface area contributed by atoms with Crippen LogP contribution in [0.1, 0.15) is 465 Å². The molecule has 0 fully saturated rings. The first kappa shape index (κ1) is 116. The summed E-state index contributed by atoms with van der Waals surface area (Å²) in [6, 6.07) is 0. The lowest BCUT2D eigenvalue weighted by atomic mass is 10.1. The zero-order valence-electron chi connectivity index (χ0n) is 81.0. The molecular weight excluding hydrogens is 1510 g/mol. The van der Waals surface area contributed by atoms with Crippen LogP contribution in [-0.4, -0.2) is 189 Å². The molecule has 0 saturated heterocycles. The molecule has 0 radical (unpaired) electrons. The SMILES string of the molecule is CCCCCCCCCCCCNC(=O)CCN(CCC(=O)NCCCCCCCCCCCC)CCN(CCC(=O)NCCCCCCCCCCCC)C[Si](C)(C)O[Si](C)(C)CN(CCC(=O)NCCCCCCCCCCCC)CCN(CCC(=O)NCCCCCCCCCCCC)CCC(=O)NCCCCCCCCCCCC. The third-order valence-corrected chi connectivity index (χ3v) is 31.1. The van der Waals surface area contributed by atoms with Gasteiger partial charge in [-0.3, -0.25) is 28.8 Å². The smallest absolute Gasteiger partial charge is 0.221 e. The maximum Gasteiger partial charge on any atom is 0.221 e. The number of hydrogen-bond donors (Lipinski definition) is 6. The zero-order chi connectivity index (χ0) is 87.1. The number of carbonyl (C=O) groups excluding carboxylic acids is 6. The molecule has 19 heteroatoms. The van der Waals surface area contributed by atoms with E-state index in [1.807, 2.05) is 0 Å². The summed E-state index contributed by atoms with van der Waals surface area (Å²) >= 11 is 0. The molecular formula is C100H204N10O7Si2. The number of carbonyl (C=O) groups is 6. The lowest BCUT2D eigenvalue weighted by Crippen LogP contribution is -2.57. The van der Waals surface area contributed by atoms with Crippen LogP contribution in [0.3, 0.4) is 0 Å². The van der Waals surface area contributed by atoms with Gasteiger partial charge in [-0.15, -0.1) is 0 Å². The molecule has 6 N–H and O–H groups in total. The summed E-state index contributed by atoms with van der Waals surface area (Å²) in [6.07, 6.45) is 78.7. The van der Waals surface area contributed by atoms with Crippen LogP contribution in [0.2, 0.25) is 26.2 Å². The molecule has 0 aromatic heterocycles. The van der Waals surface area contributed by atoms with E-state index in [2.05, 4.69) is 119 Å². The maximum absolute atomic E-state index is 13.9. The molecule has 0 aliphatic carbocycles. The van der Waals surface area contributed by atoms with Crippen molar-refractivity contribution in [2.45, 2.75) is 492 Å². The number of amides is 6. The molecule has 0 heterocycles. The first-order chi connectivity index (χ1) is 57.9. The van der Waals surface area contributed by atoms with Gasteiger partial charge in [0, 0.05) is 156 Å². The second-order valence-corrected chi connectivity index (χ2v) is 46.0. The summed E-state index contributed by atoms with van der Waals surface area (Å²) in [5.41, 5.74) is 0. The molecule has 704 valence electrons. The third kappa shape index (κ3) is 85.6. The quantitative estimate of drug-likeness (QED) is 0.0250. The van der Waals surface area contributed by atoms with Crippen LogP contribution in [0.4, 0.5) is 0 Å². The van der Waals surface area contributed by atoms with Crippen molar-refractivity contribution in [3.05, 3.63) is 0 Å². The maximum atomic E-state index is 13.9. The monoisotopic (exact) mass is 1710 g/mol. The highest BCUT2D eigenvalue weighted by molar-refractivity contribution is 6.85. The highest BCUT2D eigenvalue weighted by Gasteiger charge is 2.36. The molecule has 6 amide bonds. The first-order valence-electron chi connectivity index (χ1n) is 52.1. The van der Waals surface area contributed by atoms with Gasteiger partial charge in [0.15, 0.2) is 16.6 Å². The van der Waals surface area contributed by atoms with Gasteiger partial charge in [-0.25, -0.2) is 0 Å². The molecule has 0 unspecified atom stereocenters. The van der Waals surface area contributed by atoms with Crippen molar-refractivity contribution in [1.29, 1.82) is 0 Å². The average molecular weight is 1710 g/mol. The predicted molar refractivity (Wildman–Crippen MR) is 519 cm³/mol. The Morgan fingerprint density at radius 2 is 0.311 bits per heavy atom. The molecule has 0 atom stereocenters.